The van der Waals surface area contributed by atoms with E-state index in [1.807, 2.05) is 68.1 Å². The van der Waals surface area contributed by atoms with Gasteiger partial charge in [-0.3, -0.25) is 4.79 Å². The number of benzene rings is 1. The molecule has 1 amide bonds. The molecular formula is C19H24N4O2. The van der Waals surface area contributed by atoms with Crippen LogP contribution >= 0.6 is 0 Å². The SMILES string of the molecule is Cc1cc(O[C@H]2CCN(C(=O)c3cccc(N(C)C)c3)C2)nc(C)n1. The summed E-state index contributed by atoms with van der Waals surface area (Å²) in [6.45, 7) is 5.04. The highest BCUT2D eigenvalue weighted by molar-refractivity contribution is 5.95. The van der Waals surface area contributed by atoms with E-state index in [-0.39, 0.29) is 12.0 Å². The molecule has 25 heavy (non-hydrogen) atoms. The molecule has 6 heteroatoms. The molecule has 1 aromatic heterocycles. The highest BCUT2D eigenvalue weighted by atomic mass is 16.5. The Morgan fingerprint density at radius 3 is 2.76 bits per heavy atom. The summed E-state index contributed by atoms with van der Waals surface area (Å²) >= 11 is 0. The molecule has 1 fully saturated rings. The quantitative estimate of drug-likeness (QED) is 0.856. The molecule has 6 nitrogen and oxygen atoms in total. The van der Waals surface area contributed by atoms with Crippen LogP contribution in [0.15, 0.2) is 30.3 Å². The van der Waals surface area contributed by atoms with Crippen molar-refractivity contribution in [2.24, 2.45) is 0 Å². The third kappa shape index (κ3) is 4.07. The number of aromatic nitrogens is 2. The van der Waals surface area contributed by atoms with Crippen LogP contribution < -0.4 is 9.64 Å². The minimum Gasteiger partial charge on any atom is -0.472 e. The van der Waals surface area contributed by atoms with Crippen molar-refractivity contribution >= 4 is 11.6 Å². The number of ether oxygens (including phenoxy) is 1. The summed E-state index contributed by atoms with van der Waals surface area (Å²) in [6.07, 6.45) is 0.774. The summed E-state index contributed by atoms with van der Waals surface area (Å²) in [6, 6.07) is 9.53. The lowest BCUT2D eigenvalue weighted by Crippen LogP contribution is -2.31. The van der Waals surface area contributed by atoms with Gasteiger partial charge in [0.25, 0.3) is 5.91 Å². The van der Waals surface area contributed by atoms with Gasteiger partial charge in [0.2, 0.25) is 5.88 Å². The van der Waals surface area contributed by atoms with Crippen LogP contribution in [-0.2, 0) is 0 Å². The van der Waals surface area contributed by atoms with Gasteiger partial charge in [-0.05, 0) is 32.0 Å². The lowest BCUT2D eigenvalue weighted by atomic mass is 10.1. The standard InChI is InChI=1S/C19H24N4O2/c1-13-10-18(21-14(2)20-13)25-17-8-9-23(12-17)19(24)15-6-5-7-16(11-15)22(3)4/h5-7,10-11,17H,8-9,12H2,1-4H3/t17-/m0/s1. The van der Waals surface area contributed by atoms with Gasteiger partial charge in [0.05, 0.1) is 6.54 Å². The fourth-order valence-corrected chi connectivity index (χ4v) is 3.02. The minimum absolute atomic E-state index is 0.0327. The molecule has 1 aliphatic heterocycles. The van der Waals surface area contributed by atoms with Gasteiger partial charge in [0.15, 0.2) is 0 Å². The summed E-state index contributed by atoms with van der Waals surface area (Å²) in [5.74, 6) is 1.32. The van der Waals surface area contributed by atoms with Crippen LogP contribution in [0.5, 0.6) is 5.88 Å². The second-order valence-corrected chi connectivity index (χ2v) is 6.62. The maximum atomic E-state index is 12.8. The number of carbonyl (C=O) groups excluding carboxylic acids is 1. The smallest absolute Gasteiger partial charge is 0.254 e. The van der Waals surface area contributed by atoms with E-state index in [2.05, 4.69) is 9.97 Å². The number of aryl methyl sites for hydroxylation is 2. The predicted octanol–water partition coefficient (Wildman–Crippen LogP) is 2.45. The van der Waals surface area contributed by atoms with Crippen molar-refractivity contribution in [3.63, 3.8) is 0 Å². The monoisotopic (exact) mass is 340 g/mol. The average Bonchev–Trinajstić information content (AvgIpc) is 3.01. The van der Waals surface area contributed by atoms with E-state index in [1.54, 1.807) is 0 Å². The van der Waals surface area contributed by atoms with Crippen LogP contribution in [0.3, 0.4) is 0 Å². The Kier molecular flexibility index (Phi) is 4.88. The number of nitrogens with zero attached hydrogens (tertiary/aromatic N) is 4. The molecule has 0 spiro atoms. The fourth-order valence-electron chi connectivity index (χ4n) is 3.02. The second-order valence-electron chi connectivity index (χ2n) is 6.62. The van der Waals surface area contributed by atoms with E-state index in [0.29, 0.717) is 30.4 Å². The first-order chi connectivity index (χ1) is 11.9. The summed E-state index contributed by atoms with van der Waals surface area (Å²) < 4.78 is 5.96. The zero-order valence-corrected chi connectivity index (χ0v) is 15.2. The number of hydrogen-bond donors (Lipinski definition) is 0. The van der Waals surface area contributed by atoms with E-state index >= 15 is 0 Å². The predicted molar refractivity (Wildman–Crippen MR) is 97.2 cm³/mol. The Balaban J connectivity index is 1.66. The summed E-state index contributed by atoms with van der Waals surface area (Å²) in [5.41, 5.74) is 2.61. The number of likely N-dealkylation sites (tertiary alicyclic amines) is 1. The van der Waals surface area contributed by atoms with Crippen molar-refractivity contribution in [1.29, 1.82) is 0 Å². The molecule has 0 saturated carbocycles. The Morgan fingerprint density at radius 1 is 1.24 bits per heavy atom. The number of amides is 1. The third-order valence-corrected chi connectivity index (χ3v) is 4.27. The maximum absolute atomic E-state index is 12.8. The molecule has 0 unspecified atom stereocenters. The first kappa shape index (κ1) is 17.2. The Bertz CT molecular complexity index is 756. The van der Waals surface area contributed by atoms with Gasteiger partial charge in [0.1, 0.15) is 11.9 Å². The molecule has 2 aromatic rings. The first-order valence-electron chi connectivity index (χ1n) is 8.48. The molecule has 0 radical (unpaired) electrons. The molecule has 3 rings (SSSR count). The number of anilines is 1. The number of hydrogen-bond acceptors (Lipinski definition) is 5. The van der Waals surface area contributed by atoms with Crippen LogP contribution in [0, 0.1) is 13.8 Å². The highest BCUT2D eigenvalue weighted by Crippen LogP contribution is 2.21. The summed E-state index contributed by atoms with van der Waals surface area (Å²) in [4.78, 5) is 25.2. The van der Waals surface area contributed by atoms with Crippen LogP contribution in [0.25, 0.3) is 0 Å². The zero-order chi connectivity index (χ0) is 18.0. The molecule has 0 aliphatic carbocycles. The molecule has 1 aliphatic rings. The van der Waals surface area contributed by atoms with Crippen LogP contribution in [0.1, 0.15) is 28.3 Å². The van der Waals surface area contributed by atoms with E-state index < -0.39 is 0 Å². The second kappa shape index (κ2) is 7.09. The topological polar surface area (TPSA) is 58.6 Å². The molecule has 1 atom stereocenters. The Hall–Kier alpha value is -2.63. The van der Waals surface area contributed by atoms with Gasteiger partial charge in [-0.15, -0.1) is 0 Å². The molecular weight excluding hydrogens is 316 g/mol. The lowest BCUT2D eigenvalue weighted by molar-refractivity contribution is 0.0771. The van der Waals surface area contributed by atoms with Crippen molar-refractivity contribution in [3.8, 4) is 5.88 Å². The molecule has 0 bridgehead atoms. The van der Waals surface area contributed by atoms with Crippen molar-refractivity contribution in [2.45, 2.75) is 26.4 Å². The average molecular weight is 340 g/mol. The van der Waals surface area contributed by atoms with E-state index in [1.165, 1.54) is 0 Å². The third-order valence-electron chi connectivity index (χ3n) is 4.27. The summed E-state index contributed by atoms with van der Waals surface area (Å²) in [7, 11) is 3.93. The zero-order valence-electron chi connectivity index (χ0n) is 15.2. The van der Waals surface area contributed by atoms with Crippen molar-refractivity contribution in [1.82, 2.24) is 14.9 Å². The van der Waals surface area contributed by atoms with Crippen LogP contribution in [0.2, 0.25) is 0 Å². The van der Waals surface area contributed by atoms with Gasteiger partial charge in [0, 0.05) is 50.1 Å². The number of carbonyl (C=O) groups is 1. The van der Waals surface area contributed by atoms with E-state index in [9.17, 15) is 4.79 Å². The van der Waals surface area contributed by atoms with Gasteiger partial charge < -0.3 is 14.5 Å². The van der Waals surface area contributed by atoms with Gasteiger partial charge in [-0.25, -0.2) is 4.98 Å². The minimum atomic E-state index is -0.0327. The van der Waals surface area contributed by atoms with E-state index in [4.69, 9.17) is 4.74 Å². The highest BCUT2D eigenvalue weighted by Gasteiger charge is 2.28. The van der Waals surface area contributed by atoms with Crippen molar-refractivity contribution in [3.05, 3.63) is 47.4 Å². The largest absolute Gasteiger partial charge is 0.472 e. The summed E-state index contributed by atoms with van der Waals surface area (Å²) in [5, 5.41) is 0. The van der Waals surface area contributed by atoms with Crippen molar-refractivity contribution in [2.75, 3.05) is 32.1 Å². The van der Waals surface area contributed by atoms with Gasteiger partial charge in [-0.2, -0.15) is 4.98 Å². The number of rotatable bonds is 4. The molecule has 0 N–H and O–H groups in total. The Morgan fingerprint density at radius 2 is 2.04 bits per heavy atom. The van der Waals surface area contributed by atoms with Gasteiger partial charge in [-0.1, -0.05) is 6.07 Å². The fraction of sp³-hybridized carbons (Fsp3) is 0.421. The van der Waals surface area contributed by atoms with E-state index in [0.717, 1.165) is 17.8 Å². The molecule has 132 valence electrons. The molecule has 1 saturated heterocycles. The Labute approximate surface area is 148 Å². The van der Waals surface area contributed by atoms with Gasteiger partial charge >= 0.3 is 0 Å². The molecule has 2 heterocycles. The normalized spacial score (nSPS) is 16.8. The molecule has 1 aromatic carbocycles. The maximum Gasteiger partial charge on any atom is 0.254 e. The van der Waals surface area contributed by atoms with Crippen molar-refractivity contribution < 1.29 is 9.53 Å². The van der Waals surface area contributed by atoms with Crippen LogP contribution in [-0.4, -0.2) is 54.1 Å². The van der Waals surface area contributed by atoms with Crippen LogP contribution in [0.4, 0.5) is 5.69 Å². The first-order valence-corrected chi connectivity index (χ1v) is 8.48. The lowest BCUT2D eigenvalue weighted by Gasteiger charge is -2.19.